The minimum absolute atomic E-state index is 0.226. The zero-order chi connectivity index (χ0) is 19.1. The van der Waals surface area contributed by atoms with Crippen molar-refractivity contribution in [3.63, 3.8) is 0 Å². The molecule has 0 aliphatic carbocycles. The third-order valence-corrected chi connectivity index (χ3v) is 4.05. The Labute approximate surface area is 157 Å². The third-order valence-electron chi connectivity index (χ3n) is 4.05. The lowest BCUT2D eigenvalue weighted by Crippen LogP contribution is -2.31. The Bertz CT molecular complexity index is 859. The fourth-order valence-corrected chi connectivity index (χ4v) is 2.72. The van der Waals surface area contributed by atoms with Gasteiger partial charge in [-0.2, -0.15) is 10.1 Å². The number of rotatable bonds is 8. The van der Waals surface area contributed by atoms with E-state index < -0.39 is 0 Å². The Morgan fingerprint density at radius 2 is 2.22 bits per heavy atom. The zero-order valence-corrected chi connectivity index (χ0v) is 15.4. The summed E-state index contributed by atoms with van der Waals surface area (Å²) in [5.41, 5.74) is 0.785. The van der Waals surface area contributed by atoms with Gasteiger partial charge in [-0.1, -0.05) is 18.5 Å². The second-order valence-electron chi connectivity index (χ2n) is 6.18. The minimum atomic E-state index is -0.299. The fourth-order valence-electron chi connectivity index (χ4n) is 2.72. The number of carbonyl (C=O) groups excluding carboxylic acids is 1. The molecule has 0 aliphatic rings. The summed E-state index contributed by atoms with van der Waals surface area (Å²) >= 11 is 0. The first-order valence-electron chi connectivity index (χ1n) is 8.98. The summed E-state index contributed by atoms with van der Waals surface area (Å²) in [5, 5.41) is 13.8. The summed E-state index contributed by atoms with van der Waals surface area (Å²) in [6, 6.07) is 5.38. The molecule has 1 atom stereocenters. The normalized spacial score (nSPS) is 11.9. The second kappa shape index (κ2) is 8.93. The molecule has 1 unspecified atom stereocenters. The van der Waals surface area contributed by atoms with Gasteiger partial charge < -0.3 is 9.84 Å². The standard InChI is InChI=1S/C18H23N7O2/c1-3-5-13(2)25-15(7-11-21-25)22-18(26)20-10-8-16-23-17(24-27-16)14-6-4-9-19-12-14/h4,6-7,9,11-13H,3,5,8,10H2,1-2H3,(H2,20,22,26). The molecular formula is C18H23N7O2. The van der Waals surface area contributed by atoms with Crippen molar-refractivity contribution >= 4 is 11.8 Å². The number of amides is 2. The molecule has 0 saturated carbocycles. The van der Waals surface area contributed by atoms with Crippen molar-refractivity contribution in [3.05, 3.63) is 42.7 Å². The quantitative estimate of drug-likeness (QED) is 0.631. The summed E-state index contributed by atoms with van der Waals surface area (Å²) in [4.78, 5) is 20.5. The van der Waals surface area contributed by atoms with Crippen LogP contribution in [0.3, 0.4) is 0 Å². The van der Waals surface area contributed by atoms with Crippen LogP contribution in [-0.4, -0.2) is 37.5 Å². The molecule has 2 N–H and O–H groups in total. The first kappa shape index (κ1) is 18.6. The van der Waals surface area contributed by atoms with Crippen molar-refractivity contribution in [2.45, 2.75) is 39.2 Å². The summed E-state index contributed by atoms with van der Waals surface area (Å²) in [5.74, 6) is 1.61. The molecule has 9 heteroatoms. The molecule has 3 rings (SSSR count). The molecule has 9 nitrogen and oxygen atoms in total. The van der Waals surface area contributed by atoms with E-state index in [1.54, 1.807) is 24.7 Å². The molecule has 0 aromatic carbocycles. The lowest BCUT2D eigenvalue weighted by molar-refractivity contribution is 0.251. The molecule has 0 radical (unpaired) electrons. The summed E-state index contributed by atoms with van der Waals surface area (Å²) < 4.78 is 7.03. The second-order valence-corrected chi connectivity index (χ2v) is 6.18. The van der Waals surface area contributed by atoms with Gasteiger partial charge in [0.05, 0.1) is 12.2 Å². The first-order chi connectivity index (χ1) is 13.2. The molecule has 3 aromatic rings. The predicted octanol–water partition coefficient (Wildman–Crippen LogP) is 3.05. The van der Waals surface area contributed by atoms with Gasteiger partial charge in [-0.3, -0.25) is 10.3 Å². The fraction of sp³-hybridized carbons (Fsp3) is 0.389. The highest BCUT2D eigenvalue weighted by atomic mass is 16.5. The van der Waals surface area contributed by atoms with Crippen LogP contribution in [0.1, 0.15) is 38.6 Å². The number of aromatic nitrogens is 5. The number of anilines is 1. The van der Waals surface area contributed by atoms with E-state index in [1.165, 1.54) is 0 Å². The number of hydrogen-bond donors (Lipinski definition) is 2. The third kappa shape index (κ3) is 4.90. The summed E-state index contributed by atoms with van der Waals surface area (Å²) in [6.07, 6.45) is 7.52. The highest BCUT2D eigenvalue weighted by Gasteiger charge is 2.12. The van der Waals surface area contributed by atoms with Gasteiger partial charge in [0.2, 0.25) is 11.7 Å². The number of pyridine rings is 1. The van der Waals surface area contributed by atoms with Gasteiger partial charge in [0.1, 0.15) is 5.82 Å². The van der Waals surface area contributed by atoms with E-state index >= 15 is 0 Å². The average molecular weight is 369 g/mol. The number of urea groups is 1. The van der Waals surface area contributed by atoms with Gasteiger partial charge in [-0.15, -0.1) is 0 Å². The number of carbonyl (C=O) groups is 1. The van der Waals surface area contributed by atoms with Gasteiger partial charge in [0.15, 0.2) is 0 Å². The van der Waals surface area contributed by atoms with Crippen LogP contribution in [0, 0.1) is 0 Å². The highest BCUT2D eigenvalue weighted by molar-refractivity contribution is 5.88. The predicted molar refractivity (Wildman–Crippen MR) is 100 cm³/mol. The summed E-state index contributed by atoms with van der Waals surface area (Å²) in [6.45, 7) is 4.57. The van der Waals surface area contributed by atoms with Crippen LogP contribution >= 0.6 is 0 Å². The number of nitrogens with zero attached hydrogens (tertiary/aromatic N) is 5. The van der Waals surface area contributed by atoms with Gasteiger partial charge in [-0.05, 0) is 25.5 Å². The topological polar surface area (TPSA) is 111 Å². The Hall–Kier alpha value is -3.23. The highest BCUT2D eigenvalue weighted by Crippen LogP contribution is 2.18. The summed E-state index contributed by atoms with van der Waals surface area (Å²) in [7, 11) is 0. The van der Waals surface area contributed by atoms with E-state index in [4.69, 9.17) is 4.52 Å². The van der Waals surface area contributed by atoms with Gasteiger partial charge in [0, 0.05) is 37.0 Å². The zero-order valence-electron chi connectivity index (χ0n) is 15.4. The van der Waals surface area contributed by atoms with Crippen molar-refractivity contribution in [1.82, 2.24) is 30.2 Å². The Kier molecular flexibility index (Phi) is 6.14. The largest absolute Gasteiger partial charge is 0.339 e. The van der Waals surface area contributed by atoms with Crippen LogP contribution in [0.5, 0.6) is 0 Å². The van der Waals surface area contributed by atoms with Gasteiger partial charge in [0.25, 0.3) is 0 Å². The Morgan fingerprint density at radius 1 is 1.33 bits per heavy atom. The molecule has 0 spiro atoms. The van der Waals surface area contributed by atoms with Gasteiger partial charge >= 0.3 is 6.03 Å². The molecule has 27 heavy (non-hydrogen) atoms. The molecule has 142 valence electrons. The first-order valence-corrected chi connectivity index (χ1v) is 8.98. The maximum absolute atomic E-state index is 12.1. The van der Waals surface area contributed by atoms with E-state index in [0.29, 0.717) is 30.5 Å². The average Bonchev–Trinajstić information content (AvgIpc) is 3.32. The lowest BCUT2D eigenvalue weighted by atomic mass is 10.2. The molecule has 3 aromatic heterocycles. The van der Waals surface area contributed by atoms with E-state index in [1.807, 2.05) is 16.8 Å². The monoisotopic (exact) mass is 369 g/mol. The van der Waals surface area contributed by atoms with Crippen LogP contribution in [0.25, 0.3) is 11.4 Å². The van der Waals surface area contributed by atoms with E-state index in [9.17, 15) is 4.79 Å². The molecule has 0 aliphatic heterocycles. The number of nitrogens with one attached hydrogen (secondary N) is 2. The van der Waals surface area contributed by atoms with E-state index in [2.05, 4.69) is 44.7 Å². The van der Waals surface area contributed by atoms with E-state index in [-0.39, 0.29) is 12.1 Å². The van der Waals surface area contributed by atoms with Crippen LogP contribution in [0.4, 0.5) is 10.6 Å². The Balaban J connectivity index is 1.48. The molecule has 0 fully saturated rings. The maximum atomic E-state index is 12.1. The molecule has 3 heterocycles. The molecule has 0 saturated heterocycles. The van der Waals surface area contributed by atoms with Gasteiger partial charge in [-0.25, -0.2) is 9.48 Å². The van der Waals surface area contributed by atoms with Crippen molar-refractivity contribution in [2.24, 2.45) is 0 Å². The van der Waals surface area contributed by atoms with Crippen LogP contribution < -0.4 is 10.6 Å². The van der Waals surface area contributed by atoms with Crippen molar-refractivity contribution in [3.8, 4) is 11.4 Å². The van der Waals surface area contributed by atoms with Crippen LogP contribution in [0.15, 0.2) is 41.3 Å². The molecular weight excluding hydrogens is 346 g/mol. The SMILES string of the molecule is CCCC(C)n1nccc1NC(=O)NCCc1nc(-c2cccnc2)no1. The van der Waals surface area contributed by atoms with E-state index in [0.717, 1.165) is 18.4 Å². The number of hydrogen-bond acceptors (Lipinski definition) is 6. The molecule has 2 amide bonds. The minimum Gasteiger partial charge on any atom is -0.339 e. The van der Waals surface area contributed by atoms with Crippen molar-refractivity contribution in [1.29, 1.82) is 0 Å². The Morgan fingerprint density at radius 3 is 3.00 bits per heavy atom. The molecule has 0 bridgehead atoms. The maximum Gasteiger partial charge on any atom is 0.320 e. The smallest absolute Gasteiger partial charge is 0.320 e. The lowest BCUT2D eigenvalue weighted by Gasteiger charge is -2.15. The van der Waals surface area contributed by atoms with Crippen molar-refractivity contribution < 1.29 is 9.32 Å². The van der Waals surface area contributed by atoms with Crippen molar-refractivity contribution in [2.75, 3.05) is 11.9 Å². The van der Waals surface area contributed by atoms with Crippen LogP contribution in [-0.2, 0) is 6.42 Å². The van der Waals surface area contributed by atoms with Crippen LogP contribution in [0.2, 0.25) is 0 Å².